The summed E-state index contributed by atoms with van der Waals surface area (Å²) in [7, 11) is 0. The van der Waals surface area contributed by atoms with Crippen molar-refractivity contribution in [3.05, 3.63) is 35.1 Å². The summed E-state index contributed by atoms with van der Waals surface area (Å²) in [5.41, 5.74) is 2.21. The lowest BCUT2D eigenvalue weighted by atomic mass is 9.53. The highest BCUT2D eigenvalue weighted by Gasteiger charge is 2.54. The van der Waals surface area contributed by atoms with Gasteiger partial charge in [-0.15, -0.1) is 11.3 Å². The highest BCUT2D eigenvalue weighted by molar-refractivity contribution is 7.15. The van der Waals surface area contributed by atoms with Crippen LogP contribution in [0.3, 0.4) is 0 Å². The Labute approximate surface area is 194 Å². The number of morpholine rings is 1. The van der Waals surface area contributed by atoms with Gasteiger partial charge in [-0.25, -0.2) is 4.98 Å². The number of carbonyl (C=O) groups excluding carboxylic acids is 1. The van der Waals surface area contributed by atoms with E-state index in [0.717, 1.165) is 35.5 Å². The zero-order valence-electron chi connectivity index (χ0n) is 19.2. The van der Waals surface area contributed by atoms with Crippen molar-refractivity contribution in [3.63, 3.8) is 0 Å². The van der Waals surface area contributed by atoms with Crippen LogP contribution in [0.1, 0.15) is 50.1 Å². The van der Waals surface area contributed by atoms with Gasteiger partial charge in [0, 0.05) is 47.8 Å². The monoisotopic (exact) mass is 455 g/mol. The van der Waals surface area contributed by atoms with E-state index in [-0.39, 0.29) is 35.0 Å². The van der Waals surface area contributed by atoms with Gasteiger partial charge in [0.25, 0.3) is 0 Å². The summed E-state index contributed by atoms with van der Waals surface area (Å²) in [6.45, 7) is 9.08. The predicted octanol–water partition coefficient (Wildman–Crippen LogP) is 3.75. The summed E-state index contributed by atoms with van der Waals surface area (Å²) in [6.07, 6.45) is 6.02. The number of aliphatic hydroxyl groups excluding tert-OH is 1. The molecule has 0 unspecified atom stereocenters. The Morgan fingerprint density at radius 2 is 2.16 bits per heavy atom. The fourth-order valence-corrected chi connectivity index (χ4v) is 7.77. The summed E-state index contributed by atoms with van der Waals surface area (Å²) in [6, 6.07) is 4.00. The van der Waals surface area contributed by atoms with Crippen molar-refractivity contribution in [2.24, 2.45) is 23.2 Å². The van der Waals surface area contributed by atoms with Crippen LogP contribution in [0.2, 0.25) is 0 Å². The first-order valence-electron chi connectivity index (χ1n) is 11.8. The van der Waals surface area contributed by atoms with Crippen molar-refractivity contribution >= 4 is 17.2 Å². The highest BCUT2D eigenvalue weighted by Crippen LogP contribution is 2.57. The van der Waals surface area contributed by atoms with E-state index in [0.29, 0.717) is 26.3 Å². The number of amides is 1. The molecule has 1 aliphatic heterocycles. The molecule has 1 amide bonds. The van der Waals surface area contributed by atoms with Crippen molar-refractivity contribution in [1.29, 1.82) is 0 Å². The van der Waals surface area contributed by atoms with E-state index < -0.39 is 6.10 Å². The number of fused-ring (bicyclic) bond motifs is 2. The van der Waals surface area contributed by atoms with Gasteiger partial charge in [0.15, 0.2) is 0 Å². The van der Waals surface area contributed by atoms with Crippen molar-refractivity contribution in [3.8, 4) is 10.6 Å². The third-order valence-corrected chi connectivity index (χ3v) is 9.31. The minimum atomic E-state index is -0.500. The maximum Gasteiger partial charge on any atom is 0.225 e. The van der Waals surface area contributed by atoms with Gasteiger partial charge in [0.1, 0.15) is 5.01 Å². The lowest BCUT2D eigenvalue weighted by molar-refractivity contribution is -0.148. The lowest BCUT2D eigenvalue weighted by Crippen LogP contribution is -2.54. The zero-order valence-corrected chi connectivity index (χ0v) is 20.0. The standard InChI is InChI=1S/C25H33N3O3S/c1-15(24(30)28-9-11-31-12-10-28)18-6-7-25(3)13-19-21(16(2)20(25)22(18)29)27-23(32-19)17-5-4-8-26-14-17/h4-5,8,14-16,18,20,22,29H,6-7,9-13H2,1-3H3/t15-,16+,18-,20+,22-,25+/m0/s1. The molecule has 5 rings (SSSR count). The summed E-state index contributed by atoms with van der Waals surface area (Å²) >= 11 is 1.77. The molecule has 1 N–H and O–H groups in total. The minimum Gasteiger partial charge on any atom is -0.392 e. The third-order valence-electron chi connectivity index (χ3n) is 8.19. The SMILES string of the molecule is C[C@H](C(=O)N1CCOCC1)[C@@H]1CC[C@]2(C)Cc3sc(-c4cccnc4)nc3[C@H](C)[C@@H]2[C@H]1O. The van der Waals surface area contributed by atoms with E-state index in [1.807, 2.05) is 24.1 Å². The van der Waals surface area contributed by atoms with Gasteiger partial charge in [0.05, 0.1) is 25.0 Å². The van der Waals surface area contributed by atoms with Crippen LogP contribution in [-0.2, 0) is 16.0 Å². The number of pyridine rings is 1. The van der Waals surface area contributed by atoms with Gasteiger partial charge in [0.2, 0.25) is 5.91 Å². The first-order valence-corrected chi connectivity index (χ1v) is 12.7. The molecule has 0 bridgehead atoms. The van der Waals surface area contributed by atoms with Gasteiger partial charge in [-0.2, -0.15) is 0 Å². The van der Waals surface area contributed by atoms with Crippen LogP contribution < -0.4 is 0 Å². The quantitative estimate of drug-likeness (QED) is 0.763. The van der Waals surface area contributed by atoms with Gasteiger partial charge >= 0.3 is 0 Å². The summed E-state index contributed by atoms with van der Waals surface area (Å²) in [5.74, 6) is 0.246. The average molecular weight is 456 g/mol. The molecule has 0 radical (unpaired) electrons. The first kappa shape index (κ1) is 22.0. The maximum atomic E-state index is 13.2. The molecule has 3 aliphatic rings. The van der Waals surface area contributed by atoms with Crippen LogP contribution in [-0.4, -0.2) is 58.3 Å². The number of rotatable bonds is 3. The molecule has 6 nitrogen and oxygen atoms in total. The van der Waals surface area contributed by atoms with Gasteiger partial charge in [-0.3, -0.25) is 9.78 Å². The summed E-state index contributed by atoms with van der Waals surface area (Å²) in [4.78, 5) is 25.7. The van der Waals surface area contributed by atoms with E-state index in [1.165, 1.54) is 4.88 Å². The molecule has 1 saturated heterocycles. The fraction of sp³-hybridized carbons (Fsp3) is 0.640. The van der Waals surface area contributed by atoms with Crippen molar-refractivity contribution in [1.82, 2.24) is 14.9 Å². The predicted molar refractivity (Wildman–Crippen MR) is 124 cm³/mol. The molecule has 2 fully saturated rings. The van der Waals surface area contributed by atoms with Crippen LogP contribution in [0.15, 0.2) is 24.5 Å². The fourth-order valence-electron chi connectivity index (χ4n) is 6.41. The van der Waals surface area contributed by atoms with Gasteiger partial charge in [-0.1, -0.05) is 20.8 Å². The Hall–Kier alpha value is -1.83. The highest BCUT2D eigenvalue weighted by atomic mass is 32.1. The number of hydrogen-bond donors (Lipinski definition) is 1. The number of ether oxygens (including phenoxy) is 1. The normalized spacial score (nSPS) is 33.3. The van der Waals surface area contributed by atoms with Crippen molar-refractivity contribution < 1.29 is 14.6 Å². The van der Waals surface area contributed by atoms with E-state index in [9.17, 15) is 9.90 Å². The molecule has 1 saturated carbocycles. The van der Waals surface area contributed by atoms with Crippen LogP contribution >= 0.6 is 11.3 Å². The number of aliphatic hydroxyl groups is 1. The number of hydrogen-bond acceptors (Lipinski definition) is 6. The Morgan fingerprint density at radius 1 is 1.38 bits per heavy atom. The van der Waals surface area contributed by atoms with Crippen LogP contribution in [0.25, 0.3) is 10.6 Å². The van der Waals surface area contributed by atoms with E-state index in [2.05, 4.69) is 24.9 Å². The summed E-state index contributed by atoms with van der Waals surface area (Å²) < 4.78 is 5.41. The number of aromatic nitrogens is 2. The second-order valence-electron chi connectivity index (χ2n) is 10.1. The molecule has 2 aromatic heterocycles. The van der Waals surface area contributed by atoms with Crippen molar-refractivity contribution in [2.75, 3.05) is 26.3 Å². The molecule has 3 heterocycles. The minimum absolute atomic E-state index is 0.0103. The largest absolute Gasteiger partial charge is 0.392 e. The first-order chi connectivity index (χ1) is 15.4. The number of carbonyl (C=O) groups is 1. The average Bonchev–Trinajstić information content (AvgIpc) is 3.23. The number of thiazole rings is 1. The van der Waals surface area contributed by atoms with Gasteiger partial charge in [-0.05, 0) is 48.6 Å². The second kappa shape index (κ2) is 8.50. The molecular weight excluding hydrogens is 422 g/mol. The molecule has 2 aliphatic carbocycles. The molecule has 0 aromatic carbocycles. The Morgan fingerprint density at radius 3 is 2.88 bits per heavy atom. The zero-order chi connectivity index (χ0) is 22.5. The van der Waals surface area contributed by atoms with Gasteiger partial charge < -0.3 is 14.7 Å². The molecule has 2 aromatic rings. The molecule has 172 valence electrons. The second-order valence-corrected chi connectivity index (χ2v) is 11.2. The van der Waals surface area contributed by atoms with Crippen LogP contribution in [0, 0.1) is 23.2 Å². The lowest BCUT2D eigenvalue weighted by Gasteiger charge is -2.53. The Balaban J connectivity index is 1.40. The third kappa shape index (κ3) is 3.68. The topological polar surface area (TPSA) is 75.6 Å². The Bertz CT molecular complexity index is 974. The van der Waals surface area contributed by atoms with Crippen molar-refractivity contribution in [2.45, 2.75) is 52.1 Å². The molecule has 32 heavy (non-hydrogen) atoms. The molecule has 6 atom stereocenters. The van der Waals surface area contributed by atoms with Crippen LogP contribution in [0.5, 0.6) is 0 Å². The molecule has 0 spiro atoms. The summed E-state index contributed by atoms with van der Waals surface area (Å²) in [5, 5.41) is 12.7. The van der Waals surface area contributed by atoms with E-state index in [1.54, 1.807) is 17.5 Å². The van der Waals surface area contributed by atoms with Crippen LogP contribution in [0.4, 0.5) is 0 Å². The smallest absolute Gasteiger partial charge is 0.225 e. The maximum absolute atomic E-state index is 13.2. The molecular formula is C25H33N3O3S. The van der Waals surface area contributed by atoms with E-state index in [4.69, 9.17) is 9.72 Å². The number of nitrogens with zero attached hydrogens (tertiary/aromatic N) is 3. The molecule has 7 heteroatoms. The Kier molecular flexibility index (Phi) is 5.84. The van der Waals surface area contributed by atoms with E-state index >= 15 is 0 Å².